The first-order chi connectivity index (χ1) is 11.9. The van der Waals surface area contributed by atoms with Crippen LogP contribution in [0.4, 0.5) is 8.78 Å². The van der Waals surface area contributed by atoms with Crippen molar-refractivity contribution in [2.45, 2.75) is 13.5 Å². The average molecular weight is 348 g/mol. The van der Waals surface area contributed by atoms with E-state index in [1.54, 1.807) is 6.92 Å². The Balaban J connectivity index is 2.06. The fourth-order valence-corrected chi connectivity index (χ4v) is 2.50. The molecule has 0 amide bonds. The lowest BCUT2D eigenvalue weighted by Gasteiger charge is -2.11. The summed E-state index contributed by atoms with van der Waals surface area (Å²) in [5.74, 6) is -2.16. The molecule has 1 N–H and O–H groups in total. The number of aromatic nitrogens is 2. The van der Waals surface area contributed by atoms with Crippen LogP contribution in [0.1, 0.15) is 21.7 Å². The van der Waals surface area contributed by atoms with Crippen molar-refractivity contribution in [1.29, 1.82) is 0 Å². The van der Waals surface area contributed by atoms with Crippen LogP contribution in [0.5, 0.6) is 11.5 Å². The second-order valence-electron chi connectivity index (χ2n) is 5.28. The quantitative estimate of drug-likeness (QED) is 0.766. The van der Waals surface area contributed by atoms with E-state index >= 15 is 0 Å². The van der Waals surface area contributed by atoms with E-state index in [-0.39, 0.29) is 35.0 Å². The second-order valence-corrected chi connectivity index (χ2v) is 5.28. The van der Waals surface area contributed by atoms with Crippen LogP contribution >= 0.6 is 0 Å². The summed E-state index contributed by atoms with van der Waals surface area (Å²) in [5.41, 5.74) is 0.219. The van der Waals surface area contributed by atoms with Gasteiger partial charge in [0.15, 0.2) is 17.1 Å². The lowest BCUT2D eigenvalue weighted by atomic mass is 10.2. The largest absolute Gasteiger partial charge is 0.495 e. The molecule has 8 heteroatoms. The number of ether oxygens (including phenoxy) is 2. The molecule has 0 aliphatic heterocycles. The molecule has 0 aliphatic carbocycles. The minimum atomic E-state index is -1.16. The topological polar surface area (TPSA) is 73.1 Å². The highest BCUT2D eigenvalue weighted by molar-refractivity contribution is 5.88. The van der Waals surface area contributed by atoms with Crippen LogP contribution in [0.25, 0.3) is 5.65 Å². The molecule has 0 atom stereocenters. The monoisotopic (exact) mass is 348 g/mol. The number of fused-ring (bicyclic) bond motifs is 1. The van der Waals surface area contributed by atoms with Crippen molar-refractivity contribution < 1.29 is 28.2 Å². The lowest BCUT2D eigenvalue weighted by molar-refractivity contribution is 0.0688. The van der Waals surface area contributed by atoms with Crippen LogP contribution in [0.15, 0.2) is 30.5 Å². The molecule has 0 saturated heterocycles. The first kappa shape index (κ1) is 16.7. The van der Waals surface area contributed by atoms with E-state index in [1.807, 2.05) is 0 Å². The number of imidazole rings is 1. The summed E-state index contributed by atoms with van der Waals surface area (Å²) in [6.45, 7) is 1.17. The number of benzene rings is 1. The zero-order valence-electron chi connectivity index (χ0n) is 13.4. The molecule has 0 radical (unpaired) electrons. The van der Waals surface area contributed by atoms with Crippen LogP contribution in [0.2, 0.25) is 0 Å². The van der Waals surface area contributed by atoms with Gasteiger partial charge in [0.2, 0.25) is 0 Å². The number of pyridine rings is 1. The van der Waals surface area contributed by atoms with Gasteiger partial charge in [0.05, 0.1) is 24.6 Å². The van der Waals surface area contributed by atoms with Gasteiger partial charge in [-0.3, -0.25) is 4.40 Å². The van der Waals surface area contributed by atoms with Crippen molar-refractivity contribution in [2.75, 3.05) is 7.11 Å². The van der Waals surface area contributed by atoms with Crippen LogP contribution in [-0.4, -0.2) is 27.6 Å². The van der Waals surface area contributed by atoms with Crippen LogP contribution in [0, 0.1) is 18.6 Å². The zero-order chi connectivity index (χ0) is 18.1. The number of hydrogen-bond donors (Lipinski definition) is 1. The summed E-state index contributed by atoms with van der Waals surface area (Å²) < 4.78 is 39.5. The number of carboxylic acid groups (broad SMARTS) is 1. The Morgan fingerprint density at radius 2 is 2.00 bits per heavy atom. The van der Waals surface area contributed by atoms with Crippen molar-refractivity contribution in [1.82, 2.24) is 9.38 Å². The van der Waals surface area contributed by atoms with Gasteiger partial charge in [-0.05, 0) is 19.1 Å². The predicted molar refractivity (Wildman–Crippen MR) is 84.1 cm³/mol. The number of aryl methyl sites for hydroxylation is 1. The molecule has 2 heterocycles. The third kappa shape index (κ3) is 2.98. The van der Waals surface area contributed by atoms with Gasteiger partial charge >= 0.3 is 5.97 Å². The van der Waals surface area contributed by atoms with Crippen LogP contribution in [-0.2, 0) is 6.61 Å². The van der Waals surface area contributed by atoms with E-state index in [0.29, 0.717) is 5.75 Å². The smallest absolute Gasteiger partial charge is 0.354 e. The molecule has 0 saturated carbocycles. The Morgan fingerprint density at radius 3 is 2.60 bits per heavy atom. The van der Waals surface area contributed by atoms with Gasteiger partial charge in [-0.25, -0.2) is 18.6 Å². The number of rotatable bonds is 5. The highest BCUT2D eigenvalue weighted by Crippen LogP contribution is 2.29. The molecular formula is C17H14F2N2O4. The molecule has 3 aromatic rings. The number of methoxy groups -OCH3 is 1. The lowest BCUT2D eigenvalue weighted by Crippen LogP contribution is -2.06. The molecule has 0 bridgehead atoms. The fourth-order valence-electron chi connectivity index (χ4n) is 2.50. The maximum absolute atomic E-state index is 13.7. The first-order valence-electron chi connectivity index (χ1n) is 7.28. The maximum Gasteiger partial charge on any atom is 0.354 e. The predicted octanol–water partition coefficient (Wildman–Crippen LogP) is 3.21. The highest BCUT2D eigenvalue weighted by Gasteiger charge is 2.20. The number of hydrogen-bond acceptors (Lipinski definition) is 4. The van der Waals surface area contributed by atoms with Crippen molar-refractivity contribution in [3.8, 4) is 11.5 Å². The molecule has 0 unspecified atom stereocenters. The van der Waals surface area contributed by atoms with Crippen LogP contribution in [0.3, 0.4) is 0 Å². The van der Waals surface area contributed by atoms with Gasteiger partial charge in [-0.15, -0.1) is 0 Å². The van der Waals surface area contributed by atoms with E-state index in [0.717, 1.165) is 12.1 Å². The van der Waals surface area contributed by atoms with E-state index in [4.69, 9.17) is 9.47 Å². The summed E-state index contributed by atoms with van der Waals surface area (Å²) in [6.07, 6.45) is 1.45. The normalized spacial score (nSPS) is 10.9. The summed E-state index contributed by atoms with van der Waals surface area (Å²) in [4.78, 5) is 15.6. The van der Waals surface area contributed by atoms with Crippen molar-refractivity contribution >= 4 is 11.6 Å². The van der Waals surface area contributed by atoms with Gasteiger partial charge in [0.25, 0.3) is 0 Å². The van der Waals surface area contributed by atoms with E-state index in [9.17, 15) is 18.7 Å². The van der Waals surface area contributed by atoms with Crippen molar-refractivity contribution in [2.24, 2.45) is 0 Å². The van der Waals surface area contributed by atoms with Gasteiger partial charge in [0, 0.05) is 6.07 Å². The number of halogens is 2. The summed E-state index contributed by atoms with van der Waals surface area (Å²) in [7, 11) is 1.41. The Morgan fingerprint density at radius 1 is 1.32 bits per heavy atom. The summed E-state index contributed by atoms with van der Waals surface area (Å²) >= 11 is 0. The third-order valence-electron chi connectivity index (χ3n) is 3.71. The SMILES string of the molecule is COc1cc(OCc2c(F)cccc2F)c2nc(C)c(C(=O)O)n2c1. The van der Waals surface area contributed by atoms with E-state index in [2.05, 4.69) is 4.98 Å². The molecular weight excluding hydrogens is 334 g/mol. The third-order valence-corrected chi connectivity index (χ3v) is 3.71. The van der Waals surface area contributed by atoms with Gasteiger partial charge in [-0.1, -0.05) is 6.07 Å². The van der Waals surface area contributed by atoms with Crippen LogP contribution < -0.4 is 9.47 Å². The molecule has 6 nitrogen and oxygen atoms in total. The maximum atomic E-state index is 13.7. The van der Waals surface area contributed by atoms with E-state index in [1.165, 1.54) is 29.8 Å². The second kappa shape index (κ2) is 6.39. The minimum Gasteiger partial charge on any atom is -0.495 e. The van der Waals surface area contributed by atoms with Gasteiger partial charge in [0.1, 0.15) is 24.0 Å². The van der Waals surface area contributed by atoms with Gasteiger partial charge in [-0.2, -0.15) is 0 Å². The number of aromatic carboxylic acids is 1. The average Bonchev–Trinajstić information content (AvgIpc) is 2.90. The molecule has 0 aliphatic rings. The molecule has 0 spiro atoms. The molecule has 1 aromatic carbocycles. The first-order valence-corrected chi connectivity index (χ1v) is 7.28. The van der Waals surface area contributed by atoms with Gasteiger partial charge < -0.3 is 14.6 Å². The minimum absolute atomic E-state index is 0.0455. The number of carbonyl (C=O) groups is 1. The van der Waals surface area contributed by atoms with Crippen molar-refractivity contribution in [3.63, 3.8) is 0 Å². The standard InChI is InChI=1S/C17H14F2N2O4/c1-9-15(17(22)23)21-7-10(24-2)6-14(16(21)20-9)25-8-11-12(18)4-3-5-13(11)19/h3-7H,8H2,1-2H3,(H,22,23). The Bertz CT molecular complexity index is 949. The number of carboxylic acids is 1. The van der Waals surface area contributed by atoms with Crippen molar-refractivity contribution in [3.05, 3.63) is 59.0 Å². The summed E-state index contributed by atoms with van der Waals surface area (Å²) in [5, 5.41) is 9.35. The zero-order valence-corrected chi connectivity index (χ0v) is 13.4. The Labute approximate surface area is 141 Å². The fraction of sp³-hybridized carbons (Fsp3) is 0.176. The highest BCUT2D eigenvalue weighted by atomic mass is 19.1. The Kier molecular flexibility index (Phi) is 4.26. The Hall–Kier alpha value is -3.16. The molecule has 130 valence electrons. The number of nitrogens with zero attached hydrogens (tertiary/aromatic N) is 2. The molecule has 25 heavy (non-hydrogen) atoms. The molecule has 0 fully saturated rings. The molecule has 2 aromatic heterocycles. The molecule has 3 rings (SSSR count). The summed E-state index contributed by atoms with van der Waals surface area (Å²) in [6, 6.07) is 5.00. The van der Waals surface area contributed by atoms with E-state index < -0.39 is 17.6 Å².